The summed E-state index contributed by atoms with van der Waals surface area (Å²) >= 11 is 5.38. The summed E-state index contributed by atoms with van der Waals surface area (Å²) < 4.78 is 63.4. The molecular formula is C8H4ClF5O. The van der Waals surface area contributed by atoms with E-state index in [-0.39, 0.29) is 5.02 Å². The summed E-state index contributed by atoms with van der Waals surface area (Å²) in [5, 5.41) is 0.00507. The van der Waals surface area contributed by atoms with Gasteiger partial charge >= 0.3 is 12.3 Å². The quantitative estimate of drug-likeness (QED) is 0.720. The minimum absolute atomic E-state index is 0.00507. The van der Waals surface area contributed by atoms with Crippen molar-refractivity contribution in [2.45, 2.75) is 12.3 Å². The molecule has 0 aliphatic carbocycles. The van der Waals surface area contributed by atoms with Crippen molar-refractivity contribution in [3.05, 3.63) is 29.3 Å². The Bertz CT molecular complexity index is 349. The van der Waals surface area contributed by atoms with Crippen LogP contribution in [0.5, 0.6) is 5.75 Å². The molecule has 0 atom stereocenters. The Kier molecular flexibility index (Phi) is 3.08. The fourth-order valence-corrected chi connectivity index (χ4v) is 0.917. The Morgan fingerprint density at radius 1 is 1.07 bits per heavy atom. The van der Waals surface area contributed by atoms with Crippen molar-refractivity contribution in [2.24, 2.45) is 0 Å². The second-order valence-electron chi connectivity index (χ2n) is 2.57. The summed E-state index contributed by atoms with van der Waals surface area (Å²) in [6.45, 7) is 0. The second-order valence-corrected chi connectivity index (χ2v) is 3.01. The normalized spacial score (nSPS) is 12.7. The van der Waals surface area contributed by atoms with E-state index >= 15 is 0 Å². The summed E-state index contributed by atoms with van der Waals surface area (Å²) in [5.41, 5.74) is 0. The van der Waals surface area contributed by atoms with Crippen molar-refractivity contribution in [1.29, 1.82) is 0 Å². The summed E-state index contributed by atoms with van der Waals surface area (Å²) in [6, 6.07) is 4.33. The number of rotatable bonds is 2. The van der Waals surface area contributed by atoms with Gasteiger partial charge in [0.25, 0.3) is 0 Å². The molecule has 0 N–H and O–H groups in total. The molecule has 1 nitrogen and oxygen atoms in total. The second kappa shape index (κ2) is 3.84. The maximum atomic E-state index is 12.4. The van der Waals surface area contributed by atoms with Crippen LogP contribution in [-0.4, -0.2) is 12.3 Å². The minimum atomic E-state index is -5.75. The number of hydrogen-bond acceptors (Lipinski definition) is 1. The lowest BCUT2D eigenvalue weighted by molar-refractivity contribution is -0.360. The van der Waals surface area contributed by atoms with Gasteiger partial charge in [0.05, 0.1) is 0 Å². The largest absolute Gasteiger partial charge is 0.499 e. The van der Waals surface area contributed by atoms with Crippen molar-refractivity contribution in [2.75, 3.05) is 0 Å². The number of halogens is 6. The van der Waals surface area contributed by atoms with E-state index in [0.717, 1.165) is 12.1 Å². The van der Waals surface area contributed by atoms with E-state index in [0.29, 0.717) is 0 Å². The SMILES string of the molecule is FC(F)(F)C(F)(F)Oc1cccc(Cl)c1. The number of ether oxygens (including phenoxy) is 1. The smallest absolute Gasteiger partial charge is 0.426 e. The predicted molar refractivity (Wildman–Crippen MR) is 43.1 cm³/mol. The third-order valence-electron chi connectivity index (χ3n) is 1.37. The van der Waals surface area contributed by atoms with Gasteiger partial charge in [-0.3, -0.25) is 0 Å². The highest BCUT2D eigenvalue weighted by Crippen LogP contribution is 2.37. The standard InChI is InChI=1S/C8H4ClF5O/c9-5-2-1-3-6(4-5)15-8(13,14)7(10,11)12/h1-4H. The highest BCUT2D eigenvalue weighted by Gasteiger charge is 2.61. The third-order valence-corrected chi connectivity index (χ3v) is 1.61. The summed E-state index contributed by atoms with van der Waals surface area (Å²) in [4.78, 5) is 0. The zero-order valence-corrected chi connectivity index (χ0v) is 7.74. The highest BCUT2D eigenvalue weighted by molar-refractivity contribution is 6.30. The molecular weight excluding hydrogens is 243 g/mol. The molecule has 0 unspecified atom stereocenters. The van der Waals surface area contributed by atoms with Crippen molar-refractivity contribution in [3.8, 4) is 5.75 Å². The van der Waals surface area contributed by atoms with Crippen LogP contribution >= 0.6 is 11.6 Å². The maximum absolute atomic E-state index is 12.4. The topological polar surface area (TPSA) is 9.23 Å². The fraction of sp³-hybridized carbons (Fsp3) is 0.250. The molecule has 0 saturated heterocycles. The Balaban J connectivity index is 2.87. The fourth-order valence-electron chi connectivity index (χ4n) is 0.736. The average Bonchev–Trinajstić information content (AvgIpc) is 2.00. The number of alkyl halides is 5. The van der Waals surface area contributed by atoms with Crippen molar-refractivity contribution >= 4 is 11.6 Å². The first-order valence-electron chi connectivity index (χ1n) is 3.61. The van der Waals surface area contributed by atoms with E-state index in [4.69, 9.17) is 11.6 Å². The van der Waals surface area contributed by atoms with Crippen LogP contribution in [0.15, 0.2) is 24.3 Å². The highest BCUT2D eigenvalue weighted by atomic mass is 35.5. The Morgan fingerprint density at radius 3 is 2.13 bits per heavy atom. The van der Waals surface area contributed by atoms with Crippen LogP contribution in [0.25, 0.3) is 0 Å². The average molecular weight is 247 g/mol. The van der Waals surface area contributed by atoms with E-state index in [1.165, 1.54) is 12.1 Å². The van der Waals surface area contributed by atoms with E-state index in [1.807, 2.05) is 0 Å². The van der Waals surface area contributed by atoms with E-state index < -0.39 is 18.0 Å². The maximum Gasteiger partial charge on any atom is 0.499 e. The molecule has 0 aromatic heterocycles. The third kappa shape index (κ3) is 2.95. The first kappa shape index (κ1) is 12.0. The van der Waals surface area contributed by atoms with Crippen LogP contribution in [0.3, 0.4) is 0 Å². The molecule has 1 rings (SSSR count). The molecule has 0 amide bonds. The first-order valence-corrected chi connectivity index (χ1v) is 3.99. The van der Waals surface area contributed by atoms with Gasteiger partial charge in [-0.2, -0.15) is 22.0 Å². The van der Waals surface area contributed by atoms with Gasteiger partial charge in [0.1, 0.15) is 5.75 Å². The van der Waals surface area contributed by atoms with Gasteiger partial charge in [-0.25, -0.2) is 0 Å². The number of benzene rings is 1. The van der Waals surface area contributed by atoms with Crippen LogP contribution in [0.1, 0.15) is 0 Å². The predicted octanol–water partition coefficient (Wildman–Crippen LogP) is 3.87. The summed E-state index contributed by atoms with van der Waals surface area (Å²) in [5.74, 6) is -0.648. The van der Waals surface area contributed by atoms with Crippen LogP contribution < -0.4 is 4.74 Å². The van der Waals surface area contributed by atoms with Crippen molar-refractivity contribution in [3.63, 3.8) is 0 Å². The molecule has 0 fully saturated rings. The lowest BCUT2D eigenvalue weighted by atomic mass is 10.3. The Labute approximate surface area is 86.4 Å². The van der Waals surface area contributed by atoms with Gasteiger partial charge in [0, 0.05) is 5.02 Å². The van der Waals surface area contributed by atoms with Crippen LogP contribution in [0.2, 0.25) is 5.02 Å². The van der Waals surface area contributed by atoms with Gasteiger partial charge in [-0.05, 0) is 18.2 Å². The zero-order chi connectivity index (χ0) is 11.7. The van der Waals surface area contributed by atoms with E-state index in [1.54, 1.807) is 0 Å². The lowest BCUT2D eigenvalue weighted by Gasteiger charge is -2.20. The molecule has 15 heavy (non-hydrogen) atoms. The van der Waals surface area contributed by atoms with Gasteiger partial charge in [-0.1, -0.05) is 17.7 Å². The molecule has 1 aromatic carbocycles. The van der Waals surface area contributed by atoms with Crippen LogP contribution in [0.4, 0.5) is 22.0 Å². The van der Waals surface area contributed by atoms with Gasteiger partial charge < -0.3 is 4.74 Å². The van der Waals surface area contributed by atoms with Crippen molar-refractivity contribution in [1.82, 2.24) is 0 Å². The first-order chi connectivity index (χ1) is 6.72. The molecule has 0 radical (unpaired) electrons. The Morgan fingerprint density at radius 2 is 1.67 bits per heavy atom. The molecule has 84 valence electrons. The monoisotopic (exact) mass is 246 g/mol. The van der Waals surface area contributed by atoms with Gasteiger partial charge in [0.15, 0.2) is 0 Å². The minimum Gasteiger partial charge on any atom is -0.426 e. The molecule has 7 heteroatoms. The van der Waals surface area contributed by atoms with Crippen LogP contribution in [0, 0.1) is 0 Å². The molecule has 0 heterocycles. The van der Waals surface area contributed by atoms with Crippen LogP contribution in [-0.2, 0) is 0 Å². The van der Waals surface area contributed by atoms with E-state index in [2.05, 4.69) is 4.74 Å². The molecule has 0 saturated carbocycles. The Hall–Kier alpha value is -1.04. The molecule has 1 aromatic rings. The summed E-state index contributed by atoms with van der Waals surface area (Å²) in [6.07, 6.45) is -11.0. The van der Waals surface area contributed by atoms with E-state index in [9.17, 15) is 22.0 Å². The lowest BCUT2D eigenvalue weighted by Crippen LogP contribution is -2.41. The van der Waals surface area contributed by atoms with Crippen molar-refractivity contribution < 1.29 is 26.7 Å². The van der Waals surface area contributed by atoms with Gasteiger partial charge in [0.2, 0.25) is 0 Å². The number of hydrogen-bond donors (Lipinski definition) is 0. The molecule has 0 aliphatic heterocycles. The molecule has 0 bridgehead atoms. The molecule has 0 aliphatic rings. The molecule has 0 spiro atoms. The van der Waals surface area contributed by atoms with Gasteiger partial charge in [-0.15, -0.1) is 0 Å². The zero-order valence-electron chi connectivity index (χ0n) is 6.99. The summed E-state index contributed by atoms with van der Waals surface area (Å²) in [7, 11) is 0.